The molecular weight excluding hydrogens is 216 g/mol. The summed E-state index contributed by atoms with van der Waals surface area (Å²) in [6.45, 7) is 1.87. The minimum atomic E-state index is -0.0289. The SMILES string of the molecule is CC1=Nc2cc(C3=NNC(=O)CC3)ccc2[N]1. The summed E-state index contributed by atoms with van der Waals surface area (Å²) in [5, 5.41) is 8.35. The smallest absolute Gasteiger partial charge is 0.240 e. The third-order valence-corrected chi connectivity index (χ3v) is 2.78. The van der Waals surface area contributed by atoms with Gasteiger partial charge in [-0.05, 0) is 19.1 Å². The van der Waals surface area contributed by atoms with Crippen LogP contribution in [0.3, 0.4) is 0 Å². The van der Waals surface area contributed by atoms with Gasteiger partial charge in [0, 0.05) is 18.4 Å². The van der Waals surface area contributed by atoms with Crippen LogP contribution in [0.15, 0.2) is 28.3 Å². The lowest BCUT2D eigenvalue weighted by molar-refractivity contribution is -0.121. The summed E-state index contributed by atoms with van der Waals surface area (Å²) in [6, 6.07) is 5.86. The monoisotopic (exact) mass is 227 g/mol. The van der Waals surface area contributed by atoms with Crippen LogP contribution in [-0.4, -0.2) is 17.5 Å². The Labute approximate surface area is 98.6 Å². The summed E-state index contributed by atoms with van der Waals surface area (Å²) >= 11 is 0. The fourth-order valence-corrected chi connectivity index (χ4v) is 1.94. The maximum absolute atomic E-state index is 11.0. The second kappa shape index (κ2) is 3.69. The van der Waals surface area contributed by atoms with Gasteiger partial charge in [-0.15, -0.1) is 0 Å². The standard InChI is InChI=1S/C12H11N4O/c1-7-13-10-3-2-8(6-11(10)14-7)9-4-5-12(17)16-15-9/h2-3,6H,4-5H2,1H3,(H,16,17). The van der Waals surface area contributed by atoms with Crippen LogP contribution < -0.4 is 10.7 Å². The van der Waals surface area contributed by atoms with Crippen molar-refractivity contribution in [1.29, 1.82) is 0 Å². The maximum Gasteiger partial charge on any atom is 0.240 e. The molecule has 0 spiro atoms. The number of fused-ring (bicyclic) bond motifs is 1. The van der Waals surface area contributed by atoms with Crippen molar-refractivity contribution >= 4 is 28.8 Å². The highest BCUT2D eigenvalue weighted by Gasteiger charge is 2.17. The third kappa shape index (κ3) is 1.80. The molecule has 0 saturated heterocycles. The number of hydrogen-bond donors (Lipinski definition) is 1. The number of rotatable bonds is 1. The highest BCUT2D eigenvalue weighted by Crippen LogP contribution is 2.31. The van der Waals surface area contributed by atoms with Gasteiger partial charge in [0.25, 0.3) is 0 Å². The van der Waals surface area contributed by atoms with E-state index in [9.17, 15) is 4.79 Å². The van der Waals surface area contributed by atoms with Gasteiger partial charge in [-0.25, -0.2) is 15.7 Å². The van der Waals surface area contributed by atoms with Crippen molar-refractivity contribution in [1.82, 2.24) is 10.7 Å². The molecule has 1 aromatic rings. The van der Waals surface area contributed by atoms with Gasteiger partial charge in [-0.1, -0.05) is 6.07 Å². The van der Waals surface area contributed by atoms with Crippen LogP contribution in [0.5, 0.6) is 0 Å². The van der Waals surface area contributed by atoms with E-state index in [1.165, 1.54) is 0 Å². The second-order valence-corrected chi connectivity index (χ2v) is 4.07. The van der Waals surface area contributed by atoms with Crippen LogP contribution in [0.4, 0.5) is 11.4 Å². The van der Waals surface area contributed by atoms with E-state index in [-0.39, 0.29) is 5.91 Å². The lowest BCUT2D eigenvalue weighted by Crippen LogP contribution is -2.25. The first-order valence-electron chi connectivity index (χ1n) is 5.49. The molecule has 3 rings (SSSR count). The molecule has 1 radical (unpaired) electrons. The van der Waals surface area contributed by atoms with Gasteiger partial charge in [-0.3, -0.25) is 4.79 Å². The Kier molecular flexibility index (Phi) is 2.18. The Morgan fingerprint density at radius 2 is 2.12 bits per heavy atom. The number of hydrogen-bond acceptors (Lipinski definition) is 3. The lowest BCUT2D eigenvalue weighted by Gasteiger charge is -2.12. The largest absolute Gasteiger partial charge is 0.273 e. The van der Waals surface area contributed by atoms with Crippen LogP contribution in [0.25, 0.3) is 0 Å². The van der Waals surface area contributed by atoms with Crippen molar-refractivity contribution in [3.63, 3.8) is 0 Å². The summed E-state index contributed by atoms with van der Waals surface area (Å²) in [7, 11) is 0. The van der Waals surface area contributed by atoms with Gasteiger partial charge in [0.15, 0.2) is 0 Å². The molecular formula is C12H11N4O. The third-order valence-electron chi connectivity index (χ3n) is 2.78. The molecule has 1 aromatic carbocycles. The van der Waals surface area contributed by atoms with E-state index in [0.29, 0.717) is 12.8 Å². The number of aliphatic imine (C=N–C) groups is 1. The van der Waals surface area contributed by atoms with E-state index in [1.54, 1.807) is 0 Å². The van der Waals surface area contributed by atoms with Crippen LogP contribution in [0, 0.1) is 0 Å². The zero-order chi connectivity index (χ0) is 11.8. The molecule has 17 heavy (non-hydrogen) atoms. The van der Waals surface area contributed by atoms with E-state index in [1.807, 2.05) is 25.1 Å². The fraction of sp³-hybridized carbons (Fsp3) is 0.250. The summed E-state index contributed by atoms with van der Waals surface area (Å²) in [5.41, 5.74) is 6.16. The maximum atomic E-state index is 11.0. The van der Waals surface area contributed by atoms with Crippen LogP contribution >= 0.6 is 0 Å². The second-order valence-electron chi connectivity index (χ2n) is 4.07. The normalized spacial score (nSPS) is 17.8. The Hall–Kier alpha value is -2.17. The van der Waals surface area contributed by atoms with E-state index in [2.05, 4.69) is 20.8 Å². The number of benzene rings is 1. The van der Waals surface area contributed by atoms with Gasteiger partial charge >= 0.3 is 0 Å². The number of amides is 1. The molecule has 2 aliphatic heterocycles. The topological polar surface area (TPSA) is 67.9 Å². The van der Waals surface area contributed by atoms with Crippen LogP contribution in [0.1, 0.15) is 25.3 Å². The molecule has 2 aliphatic rings. The Bertz CT molecular complexity index is 560. The van der Waals surface area contributed by atoms with Crippen molar-refractivity contribution < 1.29 is 4.79 Å². The predicted molar refractivity (Wildman–Crippen MR) is 64.9 cm³/mol. The van der Waals surface area contributed by atoms with E-state index < -0.39 is 0 Å². The number of amidine groups is 1. The molecule has 0 fully saturated rings. The van der Waals surface area contributed by atoms with Gasteiger partial charge in [0.2, 0.25) is 5.91 Å². The molecule has 0 aliphatic carbocycles. The molecule has 2 heterocycles. The van der Waals surface area contributed by atoms with Gasteiger partial charge in [0.1, 0.15) is 5.84 Å². The molecule has 1 amide bonds. The first-order valence-corrected chi connectivity index (χ1v) is 5.49. The minimum absolute atomic E-state index is 0.0289. The number of hydrazone groups is 1. The average Bonchev–Trinajstić information content (AvgIpc) is 2.69. The van der Waals surface area contributed by atoms with Crippen molar-refractivity contribution in [2.45, 2.75) is 19.8 Å². The number of carbonyl (C=O) groups is 1. The predicted octanol–water partition coefficient (Wildman–Crippen LogP) is 1.60. The summed E-state index contributed by atoms with van der Waals surface area (Å²) in [5.74, 6) is 0.745. The summed E-state index contributed by atoms with van der Waals surface area (Å²) in [6.07, 6.45) is 1.16. The summed E-state index contributed by atoms with van der Waals surface area (Å²) in [4.78, 5) is 15.3. The van der Waals surface area contributed by atoms with Crippen molar-refractivity contribution in [3.8, 4) is 0 Å². The summed E-state index contributed by atoms with van der Waals surface area (Å²) < 4.78 is 0. The molecule has 5 nitrogen and oxygen atoms in total. The lowest BCUT2D eigenvalue weighted by atomic mass is 10.0. The van der Waals surface area contributed by atoms with Gasteiger partial charge < -0.3 is 0 Å². The van der Waals surface area contributed by atoms with Gasteiger partial charge in [0.05, 0.1) is 17.1 Å². The zero-order valence-electron chi connectivity index (χ0n) is 9.40. The highest BCUT2D eigenvalue weighted by molar-refractivity contribution is 6.06. The van der Waals surface area contributed by atoms with E-state index in [0.717, 1.165) is 28.5 Å². The number of carbonyl (C=O) groups excluding carboxylic acids is 1. The fourth-order valence-electron chi connectivity index (χ4n) is 1.94. The first kappa shape index (κ1) is 10.0. The van der Waals surface area contributed by atoms with E-state index in [4.69, 9.17) is 0 Å². The highest BCUT2D eigenvalue weighted by atomic mass is 16.2. The van der Waals surface area contributed by atoms with Crippen LogP contribution in [0.2, 0.25) is 0 Å². The average molecular weight is 227 g/mol. The molecule has 85 valence electrons. The number of nitrogens with one attached hydrogen (secondary N) is 1. The Morgan fingerprint density at radius 3 is 2.88 bits per heavy atom. The molecule has 0 saturated carbocycles. The van der Waals surface area contributed by atoms with Crippen molar-refractivity contribution in [2.75, 3.05) is 0 Å². The Morgan fingerprint density at radius 1 is 1.24 bits per heavy atom. The van der Waals surface area contributed by atoms with Crippen molar-refractivity contribution in [2.24, 2.45) is 10.1 Å². The van der Waals surface area contributed by atoms with E-state index >= 15 is 0 Å². The molecule has 0 atom stereocenters. The van der Waals surface area contributed by atoms with Crippen molar-refractivity contribution in [3.05, 3.63) is 23.8 Å². The van der Waals surface area contributed by atoms with Gasteiger partial charge in [-0.2, -0.15) is 5.10 Å². The van der Waals surface area contributed by atoms with Crippen LogP contribution in [-0.2, 0) is 4.79 Å². The molecule has 0 aromatic heterocycles. The first-order chi connectivity index (χ1) is 8.22. The Balaban J connectivity index is 1.95. The minimum Gasteiger partial charge on any atom is -0.273 e. The zero-order valence-corrected chi connectivity index (χ0v) is 9.40. The quantitative estimate of drug-likeness (QED) is 0.777. The molecule has 5 heteroatoms. The molecule has 0 bridgehead atoms. The number of nitrogens with zero attached hydrogens (tertiary/aromatic N) is 3. The molecule has 0 unspecified atom stereocenters. The molecule has 1 N–H and O–H groups in total.